The fourth-order valence-electron chi connectivity index (χ4n) is 2.63. The van der Waals surface area contributed by atoms with Crippen LogP contribution in [0.25, 0.3) is 11.4 Å². The summed E-state index contributed by atoms with van der Waals surface area (Å²) in [5.41, 5.74) is 1.40. The standard InChI is InChI=1S/C19H19F2N3O2/c1-12(13-8-9-15(20)16(21)10-13)24(2)11-18-22-19(23-26-18)14-6-4-5-7-17(14)25-3/h4-10,12H,11H2,1-3H3. The van der Waals surface area contributed by atoms with Crippen molar-refractivity contribution in [3.05, 3.63) is 65.6 Å². The molecule has 0 N–H and O–H groups in total. The minimum atomic E-state index is -0.862. The molecule has 0 aliphatic rings. The lowest BCUT2D eigenvalue weighted by atomic mass is 10.1. The van der Waals surface area contributed by atoms with Crippen LogP contribution in [-0.2, 0) is 6.54 Å². The van der Waals surface area contributed by atoms with E-state index in [-0.39, 0.29) is 6.04 Å². The Morgan fingerprint density at radius 1 is 1.15 bits per heavy atom. The lowest BCUT2D eigenvalue weighted by Gasteiger charge is -2.23. The van der Waals surface area contributed by atoms with Crippen LogP contribution in [0, 0.1) is 11.6 Å². The predicted octanol–water partition coefficient (Wildman–Crippen LogP) is 4.22. The van der Waals surface area contributed by atoms with Crippen molar-refractivity contribution in [2.45, 2.75) is 19.5 Å². The lowest BCUT2D eigenvalue weighted by Crippen LogP contribution is -2.22. The first kappa shape index (κ1) is 18.0. The molecule has 1 atom stereocenters. The molecule has 3 rings (SSSR count). The lowest BCUT2D eigenvalue weighted by molar-refractivity contribution is 0.216. The average molecular weight is 359 g/mol. The zero-order valence-corrected chi connectivity index (χ0v) is 14.7. The number of nitrogens with zero attached hydrogens (tertiary/aromatic N) is 3. The third-order valence-corrected chi connectivity index (χ3v) is 4.29. The quantitative estimate of drug-likeness (QED) is 0.660. The van der Waals surface area contributed by atoms with Gasteiger partial charge in [-0.15, -0.1) is 0 Å². The largest absolute Gasteiger partial charge is 0.496 e. The minimum Gasteiger partial charge on any atom is -0.496 e. The van der Waals surface area contributed by atoms with Gasteiger partial charge in [0, 0.05) is 6.04 Å². The first-order valence-electron chi connectivity index (χ1n) is 8.10. The Morgan fingerprint density at radius 2 is 1.92 bits per heavy atom. The van der Waals surface area contributed by atoms with Crippen LogP contribution in [-0.4, -0.2) is 29.2 Å². The van der Waals surface area contributed by atoms with E-state index in [1.807, 2.05) is 43.1 Å². The molecule has 0 saturated heterocycles. The summed E-state index contributed by atoms with van der Waals surface area (Å²) in [6.45, 7) is 2.26. The normalized spacial score (nSPS) is 12.4. The Bertz CT molecular complexity index is 898. The van der Waals surface area contributed by atoms with Gasteiger partial charge in [-0.3, -0.25) is 4.90 Å². The Kier molecular flexibility index (Phi) is 5.27. The van der Waals surface area contributed by atoms with Crippen molar-refractivity contribution in [1.29, 1.82) is 0 Å². The number of hydrogen-bond acceptors (Lipinski definition) is 5. The molecule has 7 heteroatoms. The highest BCUT2D eigenvalue weighted by atomic mass is 19.2. The van der Waals surface area contributed by atoms with Crippen LogP contribution < -0.4 is 4.74 Å². The summed E-state index contributed by atoms with van der Waals surface area (Å²) in [5, 5.41) is 4.00. The van der Waals surface area contributed by atoms with Crippen LogP contribution in [0.3, 0.4) is 0 Å². The van der Waals surface area contributed by atoms with Crippen LogP contribution in [0.1, 0.15) is 24.4 Å². The van der Waals surface area contributed by atoms with Crippen LogP contribution in [0.15, 0.2) is 47.0 Å². The van der Waals surface area contributed by atoms with Crippen LogP contribution in [0.2, 0.25) is 0 Å². The zero-order chi connectivity index (χ0) is 18.7. The molecular weight excluding hydrogens is 340 g/mol. The molecule has 0 radical (unpaired) electrons. The summed E-state index contributed by atoms with van der Waals surface area (Å²) in [6.07, 6.45) is 0. The molecule has 2 aromatic carbocycles. The van der Waals surface area contributed by atoms with Crippen molar-refractivity contribution >= 4 is 0 Å². The van der Waals surface area contributed by atoms with Crippen LogP contribution >= 0.6 is 0 Å². The number of halogens is 2. The second-order valence-corrected chi connectivity index (χ2v) is 5.98. The Hall–Kier alpha value is -2.80. The SMILES string of the molecule is COc1ccccc1-c1noc(CN(C)C(C)c2ccc(F)c(F)c2)n1. The summed E-state index contributed by atoms with van der Waals surface area (Å²) in [7, 11) is 3.43. The van der Waals surface area contributed by atoms with Crippen molar-refractivity contribution in [1.82, 2.24) is 15.0 Å². The number of ether oxygens (including phenoxy) is 1. The summed E-state index contributed by atoms with van der Waals surface area (Å²) in [6, 6.07) is 11.1. The van der Waals surface area contributed by atoms with E-state index in [9.17, 15) is 8.78 Å². The van der Waals surface area contributed by atoms with E-state index >= 15 is 0 Å². The maximum atomic E-state index is 13.4. The third-order valence-electron chi connectivity index (χ3n) is 4.29. The number of benzene rings is 2. The van der Waals surface area contributed by atoms with Gasteiger partial charge in [0.05, 0.1) is 19.2 Å². The second kappa shape index (κ2) is 7.61. The Labute approximate surface area is 150 Å². The molecule has 0 fully saturated rings. The summed E-state index contributed by atoms with van der Waals surface area (Å²) in [4.78, 5) is 6.31. The van der Waals surface area contributed by atoms with E-state index in [1.54, 1.807) is 13.2 Å². The van der Waals surface area contributed by atoms with Crippen molar-refractivity contribution in [2.24, 2.45) is 0 Å². The molecule has 0 saturated carbocycles. The minimum absolute atomic E-state index is 0.160. The molecule has 0 amide bonds. The molecule has 0 aliphatic carbocycles. The van der Waals surface area contributed by atoms with Gasteiger partial charge >= 0.3 is 0 Å². The molecule has 1 unspecified atom stereocenters. The fourth-order valence-corrected chi connectivity index (χ4v) is 2.63. The highest BCUT2D eigenvalue weighted by molar-refractivity contribution is 5.63. The summed E-state index contributed by atoms with van der Waals surface area (Å²) < 4.78 is 37.2. The van der Waals surface area contributed by atoms with Gasteiger partial charge in [-0.05, 0) is 43.8 Å². The van der Waals surface area contributed by atoms with Gasteiger partial charge in [0.1, 0.15) is 5.75 Å². The Morgan fingerprint density at radius 3 is 2.65 bits per heavy atom. The molecule has 5 nitrogen and oxygen atoms in total. The topological polar surface area (TPSA) is 51.4 Å². The molecule has 136 valence electrons. The van der Waals surface area contributed by atoms with E-state index in [4.69, 9.17) is 9.26 Å². The van der Waals surface area contributed by atoms with Crippen LogP contribution in [0.5, 0.6) is 5.75 Å². The zero-order valence-electron chi connectivity index (χ0n) is 14.7. The van der Waals surface area contributed by atoms with E-state index in [2.05, 4.69) is 10.1 Å². The molecule has 1 heterocycles. The smallest absolute Gasteiger partial charge is 0.241 e. The number of aromatic nitrogens is 2. The predicted molar refractivity (Wildman–Crippen MR) is 92.5 cm³/mol. The van der Waals surface area contributed by atoms with Gasteiger partial charge in [0.15, 0.2) is 11.6 Å². The molecule has 0 bridgehead atoms. The fraction of sp³-hybridized carbons (Fsp3) is 0.263. The van der Waals surface area contributed by atoms with Gasteiger partial charge in [-0.25, -0.2) is 8.78 Å². The Balaban J connectivity index is 1.75. The van der Waals surface area contributed by atoms with Crippen molar-refractivity contribution in [3.63, 3.8) is 0 Å². The summed E-state index contributed by atoms with van der Waals surface area (Å²) >= 11 is 0. The van der Waals surface area contributed by atoms with Gasteiger partial charge in [-0.1, -0.05) is 23.4 Å². The third kappa shape index (κ3) is 3.72. The molecule has 3 aromatic rings. The number of rotatable bonds is 6. The first-order chi connectivity index (χ1) is 12.5. The average Bonchev–Trinajstić information content (AvgIpc) is 3.11. The molecule has 1 aromatic heterocycles. The molecular formula is C19H19F2N3O2. The van der Waals surface area contributed by atoms with Crippen molar-refractivity contribution < 1.29 is 18.0 Å². The highest BCUT2D eigenvalue weighted by Crippen LogP contribution is 2.28. The number of para-hydroxylation sites is 1. The van der Waals surface area contributed by atoms with Gasteiger partial charge in [0.2, 0.25) is 11.7 Å². The number of methoxy groups -OCH3 is 1. The highest BCUT2D eigenvalue weighted by Gasteiger charge is 2.18. The maximum absolute atomic E-state index is 13.4. The number of hydrogen-bond donors (Lipinski definition) is 0. The van der Waals surface area contributed by atoms with Crippen molar-refractivity contribution in [2.75, 3.05) is 14.2 Å². The summed E-state index contributed by atoms with van der Waals surface area (Å²) in [5.74, 6) is -0.210. The van der Waals surface area contributed by atoms with E-state index in [1.165, 1.54) is 6.07 Å². The second-order valence-electron chi connectivity index (χ2n) is 5.98. The van der Waals surface area contributed by atoms with E-state index in [0.717, 1.165) is 11.6 Å². The van der Waals surface area contributed by atoms with Crippen LogP contribution in [0.4, 0.5) is 8.78 Å². The monoisotopic (exact) mass is 359 g/mol. The van der Waals surface area contributed by atoms with E-state index in [0.29, 0.717) is 29.6 Å². The van der Waals surface area contributed by atoms with Gasteiger partial charge < -0.3 is 9.26 Å². The maximum Gasteiger partial charge on any atom is 0.241 e. The van der Waals surface area contributed by atoms with E-state index < -0.39 is 11.6 Å². The molecule has 26 heavy (non-hydrogen) atoms. The molecule has 0 aliphatic heterocycles. The van der Waals surface area contributed by atoms with Gasteiger partial charge in [-0.2, -0.15) is 4.98 Å². The molecule has 0 spiro atoms. The van der Waals surface area contributed by atoms with Gasteiger partial charge in [0.25, 0.3) is 0 Å². The first-order valence-corrected chi connectivity index (χ1v) is 8.10. The van der Waals surface area contributed by atoms with Crippen molar-refractivity contribution in [3.8, 4) is 17.1 Å².